The molecule has 1 aliphatic heterocycles. The molecule has 3 rings (SSSR count). The van der Waals surface area contributed by atoms with Crippen LogP contribution in [-0.4, -0.2) is 30.5 Å². The molecular weight excluding hydrogens is 436 g/mol. The summed E-state index contributed by atoms with van der Waals surface area (Å²) in [6.45, 7) is 3.84. The predicted molar refractivity (Wildman–Crippen MR) is 106 cm³/mol. The molecule has 2 aromatic rings. The molecule has 0 unspecified atom stereocenters. The van der Waals surface area contributed by atoms with Gasteiger partial charge >= 0.3 is 12.4 Å². The number of rotatable bonds is 5. The van der Waals surface area contributed by atoms with Gasteiger partial charge in [0.15, 0.2) is 0 Å². The van der Waals surface area contributed by atoms with Gasteiger partial charge in [0.2, 0.25) is 5.91 Å². The third kappa shape index (κ3) is 5.62. The summed E-state index contributed by atoms with van der Waals surface area (Å²) in [7, 11) is 0. The Hall–Kier alpha value is -2.55. The molecular formula is C23H23F6NO2. The first-order chi connectivity index (χ1) is 14.9. The zero-order valence-corrected chi connectivity index (χ0v) is 17.5. The summed E-state index contributed by atoms with van der Waals surface area (Å²) in [5.74, 6) is -0.287. The fourth-order valence-electron chi connectivity index (χ4n) is 3.95. The highest BCUT2D eigenvalue weighted by Gasteiger charge is 2.38. The van der Waals surface area contributed by atoms with Gasteiger partial charge in [-0.1, -0.05) is 30.3 Å². The minimum atomic E-state index is -4.92. The topological polar surface area (TPSA) is 29.5 Å². The van der Waals surface area contributed by atoms with Crippen molar-refractivity contribution in [2.75, 3.05) is 19.7 Å². The van der Waals surface area contributed by atoms with Crippen molar-refractivity contribution >= 4 is 5.91 Å². The quantitative estimate of drug-likeness (QED) is 0.509. The van der Waals surface area contributed by atoms with Gasteiger partial charge < -0.3 is 9.64 Å². The average Bonchev–Trinajstić information content (AvgIpc) is 3.15. The van der Waals surface area contributed by atoms with Gasteiger partial charge in [-0.2, -0.15) is 26.3 Å². The first-order valence-electron chi connectivity index (χ1n) is 10.1. The van der Waals surface area contributed by atoms with Crippen molar-refractivity contribution in [1.29, 1.82) is 0 Å². The Bertz CT molecular complexity index is 909. The Labute approximate surface area is 182 Å². The Balaban J connectivity index is 1.80. The summed E-state index contributed by atoms with van der Waals surface area (Å²) in [4.78, 5) is 13.5. The highest BCUT2D eigenvalue weighted by molar-refractivity contribution is 5.73. The molecule has 1 saturated heterocycles. The summed E-state index contributed by atoms with van der Waals surface area (Å²) >= 11 is 0. The highest BCUT2D eigenvalue weighted by atomic mass is 19.4. The molecule has 174 valence electrons. The van der Waals surface area contributed by atoms with E-state index in [0.29, 0.717) is 25.2 Å². The van der Waals surface area contributed by atoms with Crippen LogP contribution >= 0.6 is 0 Å². The van der Waals surface area contributed by atoms with Crippen LogP contribution in [0.15, 0.2) is 48.5 Å². The van der Waals surface area contributed by atoms with E-state index in [0.717, 1.165) is 5.56 Å². The van der Waals surface area contributed by atoms with Crippen molar-refractivity contribution in [3.63, 3.8) is 0 Å². The van der Waals surface area contributed by atoms with Crippen LogP contribution in [0.2, 0.25) is 0 Å². The number of carbonyl (C=O) groups excluding carboxylic acids is 1. The number of ether oxygens (including phenoxy) is 1. The smallest absolute Gasteiger partial charge is 0.373 e. The summed E-state index contributed by atoms with van der Waals surface area (Å²) in [6.07, 6.45) is -10.8. The van der Waals surface area contributed by atoms with Crippen molar-refractivity contribution in [3.8, 4) is 0 Å². The van der Waals surface area contributed by atoms with Crippen LogP contribution in [-0.2, 0) is 21.9 Å². The fourth-order valence-corrected chi connectivity index (χ4v) is 3.95. The molecule has 0 N–H and O–H groups in total. The molecule has 1 fully saturated rings. The SMILES string of the molecule is CC(=O)N1C[C@@H](CO[C@H](C)c2cc(C(F)(F)F)cc(C(F)(F)F)c2)[C@H](c2ccccc2)C1. The minimum Gasteiger partial charge on any atom is -0.373 e. The van der Waals surface area contributed by atoms with Crippen LogP contribution in [0.1, 0.15) is 48.1 Å². The highest BCUT2D eigenvalue weighted by Crippen LogP contribution is 2.39. The molecule has 9 heteroatoms. The molecule has 0 saturated carbocycles. The van der Waals surface area contributed by atoms with Crippen LogP contribution in [0.25, 0.3) is 0 Å². The van der Waals surface area contributed by atoms with Gasteiger partial charge in [-0.15, -0.1) is 0 Å². The molecule has 0 aliphatic carbocycles. The lowest BCUT2D eigenvalue weighted by atomic mass is 9.89. The van der Waals surface area contributed by atoms with Gasteiger partial charge in [-0.3, -0.25) is 4.79 Å². The zero-order valence-electron chi connectivity index (χ0n) is 17.5. The van der Waals surface area contributed by atoms with Crippen LogP contribution < -0.4 is 0 Å². The lowest BCUT2D eigenvalue weighted by Crippen LogP contribution is -2.26. The Morgan fingerprint density at radius 1 is 1.00 bits per heavy atom. The number of nitrogens with zero attached hydrogens (tertiary/aromatic N) is 1. The number of benzene rings is 2. The van der Waals surface area contributed by atoms with Gasteiger partial charge in [-0.25, -0.2) is 0 Å². The van der Waals surface area contributed by atoms with E-state index in [4.69, 9.17) is 4.74 Å². The second kappa shape index (κ2) is 9.13. The van der Waals surface area contributed by atoms with Crippen LogP contribution in [0.5, 0.6) is 0 Å². The van der Waals surface area contributed by atoms with Gasteiger partial charge in [0.1, 0.15) is 0 Å². The third-order valence-electron chi connectivity index (χ3n) is 5.75. The Morgan fingerprint density at radius 2 is 1.56 bits per heavy atom. The van der Waals surface area contributed by atoms with Gasteiger partial charge in [0.25, 0.3) is 0 Å². The largest absolute Gasteiger partial charge is 0.416 e. The minimum absolute atomic E-state index is 0.0421. The first-order valence-corrected chi connectivity index (χ1v) is 10.1. The van der Waals surface area contributed by atoms with Crippen molar-refractivity contribution in [2.24, 2.45) is 5.92 Å². The fraction of sp³-hybridized carbons (Fsp3) is 0.435. The van der Waals surface area contributed by atoms with Crippen LogP contribution in [0.4, 0.5) is 26.3 Å². The van der Waals surface area contributed by atoms with Crippen LogP contribution in [0.3, 0.4) is 0 Å². The summed E-state index contributed by atoms with van der Waals surface area (Å²) in [5.41, 5.74) is -1.95. The molecule has 1 aliphatic rings. The molecule has 2 aromatic carbocycles. The van der Waals surface area contributed by atoms with Crippen molar-refractivity contribution in [2.45, 2.75) is 38.2 Å². The molecule has 0 radical (unpaired) electrons. The average molecular weight is 459 g/mol. The van der Waals surface area contributed by atoms with E-state index >= 15 is 0 Å². The maximum absolute atomic E-state index is 13.1. The number of halogens is 6. The second-order valence-corrected chi connectivity index (χ2v) is 8.02. The first kappa shape index (κ1) is 24.1. The maximum Gasteiger partial charge on any atom is 0.416 e. The molecule has 3 nitrogen and oxygen atoms in total. The molecule has 0 aromatic heterocycles. The molecule has 0 spiro atoms. The van der Waals surface area contributed by atoms with Gasteiger partial charge in [-0.05, 0) is 36.2 Å². The number of amides is 1. The molecule has 1 amide bonds. The van der Waals surface area contributed by atoms with E-state index in [9.17, 15) is 31.1 Å². The standard InChI is InChI=1S/C23H23F6NO2/c1-14(17-8-19(22(24,25)26)10-20(9-17)23(27,28)29)32-13-18-11-30(15(2)31)12-21(18)16-6-4-3-5-7-16/h3-10,14,18,21H,11-13H2,1-2H3/t14-,18+,21+/m1/s1. The normalized spacial score (nSPS) is 20.4. The Kier molecular flexibility index (Phi) is 6.88. The summed E-state index contributed by atoms with van der Waals surface area (Å²) < 4.78 is 84.6. The van der Waals surface area contributed by atoms with Crippen molar-refractivity contribution in [3.05, 3.63) is 70.8 Å². The summed E-state index contributed by atoms with van der Waals surface area (Å²) in [5, 5.41) is 0. The number of likely N-dealkylation sites (tertiary alicyclic amines) is 1. The predicted octanol–water partition coefficient (Wildman–Crippen LogP) is 6.06. The Morgan fingerprint density at radius 3 is 2.06 bits per heavy atom. The van der Waals surface area contributed by atoms with E-state index in [1.54, 1.807) is 4.90 Å². The van der Waals surface area contributed by atoms with E-state index in [-0.39, 0.29) is 36.0 Å². The van der Waals surface area contributed by atoms with Crippen molar-refractivity contribution < 1.29 is 35.9 Å². The van der Waals surface area contributed by atoms with E-state index < -0.39 is 29.6 Å². The maximum atomic E-state index is 13.1. The second-order valence-electron chi connectivity index (χ2n) is 8.02. The number of hydrogen-bond acceptors (Lipinski definition) is 2. The number of carbonyl (C=O) groups is 1. The zero-order chi connectivity index (χ0) is 23.7. The summed E-state index contributed by atoms with van der Waals surface area (Å²) in [6, 6.07) is 10.9. The van der Waals surface area contributed by atoms with E-state index in [1.807, 2.05) is 30.3 Å². The molecule has 3 atom stereocenters. The lowest BCUT2D eigenvalue weighted by Gasteiger charge is -2.22. The van der Waals surface area contributed by atoms with Gasteiger partial charge in [0.05, 0.1) is 23.8 Å². The van der Waals surface area contributed by atoms with Gasteiger partial charge in [0, 0.05) is 31.8 Å². The molecule has 0 bridgehead atoms. The third-order valence-corrected chi connectivity index (χ3v) is 5.75. The van der Waals surface area contributed by atoms with E-state index in [2.05, 4.69) is 0 Å². The van der Waals surface area contributed by atoms with E-state index in [1.165, 1.54) is 13.8 Å². The number of alkyl halides is 6. The van der Waals surface area contributed by atoms with Crippen LogP contribution in [0, 0.1) is 5.92 Å². The molecule has 32 heavy (non-hydrogen) atoms. The number of hydrogen-bond donors (Lipinski definition) is 0. The lowest BCUT2D eigenvalue weighted by molar-refractivity contribution is -0.143. The monoisotopic (exact) mass is 459 g/mol. The van der Waals surface area contributed by atoms with Crippen molar-refractivity contribution in [1.82, 2.24) is 4.90 Å². The molecule has 1 heterocycles.